The Morgan fingerprint density at radius 2 is 1.92 bits per heavy atom. The van der Waals surface area contributed by atoms with Gasteiger partial charge in [-0.1, -0.05) is 6.07 Å². The average molecular weight is 180 g/mol. The Kier molecular flexibility index (Phi) is 2.74. The van der Waals surface area contributed by atoms with Crippen molar-refractivity contribution >= 4 is 12.6 Å². The van der Waals surface area contributed by atoms with E-state index in [0.717, 1.165) is 12.1 Å². The molecule has 0 saturated carbocycles. The van der Waals surface area contributed by atoms with Crippen LogP contribution in [0.3, 0.4) is 0 Å². The van der Waals surface area contributed by atoms with Crippen LogP contribution >= 0.6 is 0 Å². The molecule has 0 aliphatic carbocycles. The van der Waals surface area contributed by atoms with Crippen LogP contribution in [-0.2, 0) is 9.59 Å². The fraction of sp³-hybridized carbons (Fsp3) is 0.111. The topological polar surface area (TPSA) is 54.4 Å². The molecule has 0 fully saturated rings. The maximum atomic E-state index is 13.0. The van der Waals surface area contributed by atoms with Gasteiger partial charge in [0.05, 0.1) is 0 Å². The summed E-state index contributed by atoms with van der Waals surface area (Å²) in [6.07, 6.45) is 2.67. The number of hydrogen-bond donors (Lipinski definition) is 1. The molecule has 4 heteroatoms. The lowest BCUT2D eigenvalue weighted by Crippen LogP contribution is -2.03. The summed E-state index contributed by atoms with van der Waals surface area (Å²) in [5, 5.41) is 8.83. The molecule has 0 spiro atoms. The second kappa shape index (κ2) is 3.80. The van der Waals surface area contributed by atoms with E-state index in [0.29, 0.717) is 0 Å². The first-order chi connectivity index (χ1) is 6.19. The highest BCUT2D eigenvalue weighted by Crippen LogP contribution is 2.20. The molecule has 0 aliphatic rings. The van der Waals surface area contributed by atoms with Gasteiger partial charge in [-0.05, 0) is 6.07 Å². The minimum atomic E-state index is -1.35. The van der Waals surface area contributed by atoms with Crippen molar-refractivity contribution in [3.8, 4) is 5.75 Å². The molecular weight excluding hydrogens is 175 g/mol. The normalized spacial score (nSPS) is 10.0. The van der Waals surface area contributed by atoms with Gasteiger partial charge in [-0.3, -0.25) is 9.59 Å². The number of benzene rings is 1. The quantitative estimate of drug-likeness (QED) is 0.701. The zero-order chi connectivity index (χ0) is 9.84. The van der Waals surface area contributed by atoms with Crippen LogP contribution in [0.4, 0.5) is 4.39 Å². The molecule has 3 nitrogen and oxygen atoms in total. The van der Waals surface area contributed by atoms with Crippen molar-refractivity contribution < 1.29 is 19.1 Å². The molecule has 0 atom stereocenters. The Hall–Kier alpha value is -1.71. The summed E-state index contributed by atoms with van der Waals surface area (Å²) in [6, 6.07) is 3.14. The Bertz CT molecular complexity index is 328. The molecule has 1 rings (SSSR count). The van der Waals surface area contributed by atoms with Crippen LogP contribution in [0.15, 0.2) is 18.2 Å². The van der Waals surface area contributed by atoms with E-state index in [1.54, 1.807) is 0 Å². The highest BCUT2D eigenvalue weighted by molar-refractivity contribution is 5.85. The van der Waals surface area contributed by atoms with Crippen LogP contribution in [0.5, 0.6) is 5.75 Å². The van der Waals surface area contributed by atoms with Crippen LogP contribution < -0.4 is 0 Å². The summed E-state index contributed by atoms with van der Waals surface area (Å²) in [5.41, 5.74) is -0.136. The molecule has 0 bridgehead atoms. The highest BCUT2D eigenvalue weighted by Gasteiger charge is 2.15. The van der Waals surface area contributed by atoms with Crippen molar-refractivity contribution in [2.75, 3.05) is 0 Å². The summed E-state index contributed by atoms with van der Waals surface area (Å²) in [5.74, 6) is -2.44. The van der Waals surface area contributed by atoms with E-state index < -0.39 is 11.7 Å². The smallest absolute Gasteiger partial charge is 0.214 e. The summed E-state index contributed by atoms with van der Waals surface area (Å²) in [4.78, 5) is 20.3. The predicted molar refractivity (Wildman–Crippen MR) is 42.2 cm³/mol. The zero-order valence-corrected chi connectivity index (χ0v) is 6.45. The fourth-order valence-electron chi connectivity index (χ4n) is 0.901. The number of hydrogen-bond acceptors (Lipinski definition) is 3. The minimum absolute atomic E-state index is 0.136. The van der Waals surface area contributed by atoms with E-state index in [2.05, 4.69) is 0 Å². The molecule has 0 aliphatic heterocycles. The monoisotopic (exact) mass is 180 g/mol. The van der Waals surface area contributed by atoms with E-state index in [1.165, 1.54) is 18.6 Å². The van der Waals surface area contributed by atoms with Crippen LogP contribution in [0.25, 0.3) is 0 Å². The third-order valence-electron chi connectivity index (χ3n) is 1.53. The number of phenols is 1. The third kappa shape index (κ3) is 1.90. The molecule has 0 unspecified atom stereocenters. The molecule has 1 N–H and O–H groups in total. The summed E-state index contributed by atoms with van der Waals surface area (Å²) in [6.45, 7) is 0. The Morgan fingerprint density at radius 1 is 1.31 bits per heavy atom. The van der Waals surface area contributed by atoms with Crippen molar-refractivity contribution in [3.63, 3.8) is 0 Å². The van der Waals surface area contributed by atoms with Crippen LogP contribution in [0, 0.1) is 5.82 Å². The highest BCUT2D eigenvalue weighted by atomic mass is 19.1. The maximum absolute atomic E-state index is 13.0. The van der Waals surface area contributed by atoms with E-state index in [1.807, 2.05) is 0 Å². The van der Waals surface area contributed by atoms with E-state index in [-0.39, 0.29) is 11.3 Å². The van der Waals surface area contributed by atoms with Gasteiger partial charge in [0.1, 0.15) is 17.5 Å². The standard InChI is InChI=1S/C9H5FO3/c10-9-3-7(13)1-2-8(9)6(4-11)5-12/h1-3,6,13H. The molecule has 66 valence electrons. The van der Waals surface area contributed by atoms with Gasteiger partial charge in [-0.2, -0.15) is 0 Å². The van der Waals surface area contributed by atoms with E-state index in [9.17, 15) is 14.0 Å². The van der Waals surface area contributed by atoms with Gasteiger partial charge in [0.2, 0.25) is 12.6 Å². The third-order valence-corrected chi connectivity index (χ3v) is 1.53. The largest absolute Gasteiger partial charge is 0.508 e. The summed E-state index contributed by atoms with van der Waals surface area (Å²) >= 11 is 0. The molecular formula is C9H5FO3. The van der Waals surface area contributed by atoms with E-state index in [4.69, 9.17) is 5.11 Å². The van der Waals surface area contributed by atoms with Crippen LogP contribution in [0.1, 0.15) is 11.5 Å². The van der Waals surface area contributed by atoms with E-state index >= 15 is 0 Å². The zero-order valence-electron chi connectivity index (χ0n) is 6.45. The average Bonchev–Trinajstić information content (AvgIpc) is 2.10. The molecule has 0 aromatic heterocycles. The molecule has 0 amide bonds. The Labute approximate surface area is 73.8 Å². The first-order valence-electron chi connectivity index (χ1n) is 3.42. The first kappa shape index (κ1) is 9.38. The van der Waals surface area contributed by atoms with Crippen molar-refractivity contribution in [1.82, 2.24) is 0 Å². The van der Waals surface area contributed by atoms with Gasteiger partial charge in [-0.25, -0.2) is 4.39 Å². The summed E-state index contributed by atoms with van der Waals surface area (Å²) < 4.78 is 13.0. The second-order valence-electron chi connectivity index (χ2n) is 2.37. The van der Waals surface area contributed by atoms with Crippen molar-refractivity contribution in [2.24, 2.45) is 0 Å². The lowest BCUT2D eigenvalue weighted by Gasteiger charge is -2.02. The first-order valence-corrected chi connectivity index (χ1v) is 3.42. The van der Waals surface area contributed by atoms with Gasteiger partial charge in [0.15, 0.2) is 0 Å². The molecule has 1 aromatic rings. The maximum Gasteiger partial charge on any atom is 0.214 e. The van der Waals surface area contributed by atoms with Gasteiger partial charge in [0, 0.05) is 11.6 Å². The number of aromatic hydroxyl groups is 1. The molecule has 1 aromatic carbocycles. The number of halogens is 1. The number of phenolic OH excluding ortho intramolecular Hbond substituents is 1. The van der Waals surface area contributed by atoms with Gasteiger partial charge >= 0.3 is 0 Å². The lowest BCUT2D eigenvalue weighted by atomic mass is 10.0. The Morgan fingerprint density at radius 3 is 2.38 bits per heavy atom. The lowest BCUT2D eigenvalue weighted by molar-refractivity contribution is 0.467. The number of rotatable bonds is 3. The molecule has 2 radical (unpaired) electrons. The second-order valence-corrected chi connectivity index (χ2v) is 2.37. The minimum Gasteiger partial charge on any atom is -0.508 e. The molecule has 13 heavy (non-hydrogen) atoms. The van der Waals surface area contributed by atoms with Crippen LogP contribution in [-0.4, -0.2) is 17.7 Å². The summed E-state index contributed by atoms with van der Waals surface area (Å²) in [7, 11) is 0. The van der Waals surface area contributed by atoms with Crippen molar-refractivity contribution in [3.05, 3.63) is 29.6 Å². The predicted octanol–water partition coefficient (Wildman–Crippen LogP) is 0.834. The molecule has 0 saturated heterocycles. The molecule has 0 heterocycles. The van der Waals surface area contributed by atoms with Gasteiger partial charge in [-0.15, -0.1) is 0 Å². The van der Waals surface area contributed by atoms with Crippen LogP contribution in [0.2, 0.25) is 0 Å². The number of carbonyl (C=O) groups excluding carboxylic acids is 2. The fourth-order valence-corrected chi connectivity index (χ4v) is 0.901. The van der Waals surface area contributed by atoms with Crippen molar-refractivity contribution in [2.45, 2.75) is 5.92 Å². The Balaban J connectivity index is 3.13. The van der Waals surface area contributed by atoms with Crippen molar-refractivity contribution in [1.29, 1.82) is 0 Å². The van der Waals surface area contributed by atoms with Gasteiger partial charge in [0.25, 0.3) is 0 Å². The SMILES string of the molecule is O=[C]C([C]=O)c1ccc(O)cc1F. The van der Waals surface area contributed by atoms with Gasteiger partial charge < -0.3 is 5.11 Å².